The molecule has 98 valence electrons. The Balaban J connectivity index is 2.26. The van der Waals surface area contributed by atoms with E-state index in [2.05, 4.69) is 17.6 Å². The zero-order valence-corrected chi connectivity index (χ0v) is 10.4. The maximum absolute atomic E-state index is 11.5. The molecule has 17 heavy (non-hydrogen) atoms. The van der Waals surface area contributed by atoms with Crippen LogP contribution in [0.3, 0.4) is 0 Å². The highest BCUT2D eigenvalue weighted by molar-refractivity contribution is 5.75. The quantitative estimate of drug-likeness (QED) is 0.657. The smallest absolute Gasteiger partial charge is 0.315 e. The van der Waals surface area contributed by atoms with Crippen LogP contribution < -0.4 is 10.6 Å². The number of amides is 2. The molecule has 3 N–H and O–H groups in total. The second-order valence-corrected chi connectivity index (χ2v) is 4.77. The van der Waals surface area contributed by atoms with Gasteiger partial charge in [-0.1, -0.05) is 26.2 Å². The van der Waals surface area contributed by atoms with Crippen LogP contribution >= 0.6 is 0 Å². The minimum absolute atomic E-state index is 0.0341. The van der Waals surface area contributed by atoms with Crippen molar-refractivity contribution in [3.63, 3.8) is 0 Å². The van der Waals surface area contributed by atoms with Gasteiger partial charge in [0, 0.05) is 12.6 Å². The van der Waals surface area contributed by atoms with Gasteiger partial charge in [-0.05, 0) is 18.8 Å². The van der Waals surface area contributed by atoms with Crippen LogP contribution in [0.5, 0.6) is 0 Å². The molecule has 2 amide bonds. The topological polar surface area (TPSA) is 78.4 Å². The van der Waals surface area contributed by atoms with Crippen molar-refractivity contribution in [1.82, 2.24) is 10.6 Å². The first-order chi connectivity index (χ1) is 8.09. The van der Waals surface area contributed by atoms with Crippen molar-refractivity contribution in [2.24, 2.45) is 5.92 Å². The number of aliphatic carboxylic acids is 1. The Kier molecular flexibility index (Phi) is 5.80. The summed E-state index contributed by atoms with van der Waals surface area (Å²) in [5.41, 5.74) is 0. The van der Waals surface area contributed by atoms with Crippen LogP contribution in [0.15, 0.2) is 0 Å². The van der Waals surface area contributed by atoms with Gasteiger partial charge in [0.15, 0.2) is 0 Å². The molecule has 0 spiro atoms. The molecule has 2 atom stereocenters. The first-order valence-electron chi connectivity index (χ1n) is 6.35. The summed E-state index contributed by atoms with van der Waals surface area (Å²) in [6, 6.07) is -0.0210. The molecule has 0 aromatic rings. The molecule has 1 aliphatic carbocycles. The van der Waals surface area contributed by atoms with Gasteiger partial charge in [-0.2, -0.15) is 0 Å². The van der Waals surface area contributed by atoms with Crippen LogP contribution in [-0.2, 0) is 4.79 Å². The molecule has 1 rings (SSSR count). The zero-order valence-electron chi connectivity index (χ0n) is 10.4. The van der Waals surface area contributed by atoms with Crippen LogP contribution in [0, 0.1) is 5.92 Å². The van der Waals surface area contributed by atoms with E-state index in [1.54, 1.807) is 0 Å². The van der Waals surface area contributed by atoms with Gasteiger partial charge < -0.3 is 15.7 Å². The predicted molar refractivity (Wildman–Crippen MR) is 64.8 cm³/mol. The summed E-state index contributed by atoms with van der Waals surface area (Å²) in [6.45, 7) is 2.34. The Morgan fingerprint density at radius 1 is 1.24 bits per heavy atom. The van der Waals surface area contributed by atoms with Crippen molar-refractivity contribution in [1.29, 1.82) is 0 Å². The van der Waals surface area contributed by atoms with Gasteiger partial charge >= 0.3 is 12.0 Å². The maximum Gasteiger partial charge on any atom is 0.315 e. The number of hydrogen-bond acceptors (Lipinski definition) is 2. The highest BCUT2D eigenvalue weighted by Gasteiger charge is 2.21. The zero-order chi connectivity index (χ0) is 12.7. The van der Waals surface area contributed by atoms with Gasteiger partial charge in [-0.15, -0.1) is 0 Å². The minimum atomic E-state index is -0.895. The molecular weight excluding hydrogens is 220 g/mol. The van der Waals surface area contributed by atoms with Crippen LogP contribution in [-0.4, -0.2) is 29.7 Å². The number of carbonyl (C=O) groups is 2. The van der Waals surface area contributed by atoms with Gasteiger partial charge in [-0.3, -0.25) is 4.79 Å². The molecule has 0 radical (unpaired) electrons. The van der Waals surface area contributed by atoms with Crippen molar-refractivity contribution >= 4 is 12.0 Å². The van der Waals surface area contributed by atoms with E-state index in [1.807, 2.05) is 0 Å². The second-order valence-electron chi connectivity index (χ2n) is 4.77. The van der Waals surface area contributed by atoms with E-state index in [0.717, 1.165) is 19.3 Å². The lowest BCUT2D eigenvalue weighted by molar-refractivity contribution is -0.136. The van der Waals surface area contributed by atoms with Crippen molar-refractivity contribution in [2.75, 3.05) is 6.54 Å². The highest BCUT2D eigenvalue weighted by atomic mass is 16.4. The lowest BCUT2D eigenvalue weighted by atomic mass is 9.97. The number of nitrogens with one attached hydrogen (secondary N) is 2. The third-order valence-corrected chi connectivity index (χ3v) is 3.30. The summed E-state index contributed by atoms with van der Waals surface area (Å²) in [6.07, 6.45) is 5.77. The summed E-state index contributed by atoms with van der Waals surface area (Å²) in [4.78, 5) is 21.8. The number of carbonyl (C=O) groups excluding carboxylic acids is 1. The molecule has 2 unspecified atom stereocenters. The standard InChI is InChI=1S/C12H22N2O3/c1-9-5-3-2-4-6-10(9)14-12(17)13-8-7-11(15)16/h9-10H,2-8H2,1H3,(H,15,16)(H2,13,14,17). The first-order valence-corrected chi connectivity index (χ1v) is 6.35. The third-order valence-electron chi connectivity index (χ3n) is 3.30. The maximum atomic E-state index is 11.5. The fourth-order valence-electron chi connectivity index (χ4n) is 2.21. The predicted octanol–water partition coefficient (Wildman–Crippen LogP) is 1.73. The minimum Gasteiger partial charge on any atom is -0.481 e. The molecule has 5 heteroatoms. The number of hydrogen-bond donors (Lipinski definition) is 3. The van der Waals surface area contributed by atoms with Crippen molar-refractivity contribution in [3.05, 3.63) is 0 Å². The normalized spacial score (nSPS) is 24.8. The molecule has 5 nitrogen and oxygen atoms in total. The average Bonchev–Trinajstić information content (AvgIpc) is 2.44. The highest BCUT2D eigenvalue weighted by Crippen LogP contribution is 2.22. The van der Waals surface area contributed by atoms with E-state index in [4.69, 9.17) is 5.11 Å². The van der Waals surface area contributed by atoms with E-state index >= 15 is 0 Å². The van der Waals surface area contributed by atoms with Crippen LogP contribution in [0.25, 0.3) is 0 Å². The van der Waals surface area contributed by atoms with E-state index in [9.17, 15) is 9.59 Å². The number of rotatable bonds is 4. The van der Waals surface area contributed by atoms with E-state index in [-0.39, 0.29) is 25.0 Å². The monoisotopic (exact) mass is 242 g/mol. The summed E-state index contributed by atoms with van der Waals surface area (Å²) in [5, 5.41) is 14.0. The lowest BCUT2D eigenvalue weighted by Crippen LogP contribution is -2.45. The van der Waals surface area contributed by atoms with Crippen LogP contribution in [0.1, 0.15) is 45.4 Å². The molecule has 0 aromatic carbocycles. The molecule has 0 heterocycles. The Morgan fingerprint density at radius 3 is 2.65 bits per heavy atom. The first kappa shape index (κ1) is 13.8. The molecule has 1 fully saturated rings. The third kappa shape index (κ3) is 5.56. The van der Waals surface area contributed by atoms with Gasteiger partial charge in [0.05, 0.1) is 6.42 Å². The summed E-state index contributed by atoms with van der Waals surface area (Å²) >= 11 is 0. The van der Waals surface area contributed by atoms with Crippen LogP contribution in [0.2, 0.25) is 0 Å². The van der Waals surface area contributed by atoms with E-state index < -0.39 is 5.97 Å². The fourth-order valence-corrected chi connectivity index (χ4v) is 2.21. The molecule has 1 saturated carbocycles. The summed E-state index contributed by atoms with van der Waals surface area (Å²) in [7, 11) is 0. The summed E-state index contributed by atoms with van der Waals surface area (Å²) < 4.78 is 0. The molecule has 0 aromatic heterocycles. The largest absolute Gasteiger partial charge is 0.481 e. The van der Waals surface area contributed by atoms with Gasteiger partial charge in [-0.25, -0.2) is 4.79 Å². The number of carboxylic acid groups (broad SMARTS) is 1. The Hall–Kier alpha value is -1.26. The molecule has 0 saturated heterocycles. The molecular formula is C12H22N2O3. The van der Waals surface area contributed by atoms with E-state index in [1.165, 1.54) is 12.8 Å². The lowest BCUT2D eigenvalue weighted by Gasteiger charge is -2.22. The number of urea groups is 1. The SMILES string of the molecule is CC1CCCCCC1NC(=O)NCCC(=O)O. The molecule has 0 aliphatic heterocycles. The van der Waals surface area contributed by atoms with E-state index in [0.29, 0.717) is 5.92 Å². The second kappa shape index (κ2) is 7.14. The van der Waals surface area contributed by atoms with Crippen molar-refractivity contribution in [2.45, 2.75) is 51.5 Å². The van der Waals surface area contributed by atoms with Crippen LogP contribution in [0.4, 0.5) is 4.79 Å². The van der Waals surface area contributed by atoms with Gasteiger partial charge in [0.1, 0.15) is 0 Å². The molecule has 0 bridgehead atoms. The molecule has 1 aliphatic rings. The average molecular weight is 242 g/mol. The number of carboxylic acids is 1. The summed E-state index contributed by atoms with van der Waals surface area (Å²) in [5.74, 6) is -0.393. The van der Waals surface area contributed by atoms with Gasteiger partial charge in [0.25, 0.3) is 0 Å². The van der Waals surface area contributed by atoms with Gasteiger partial charge in [0.2, 0.25) is 0 Å². The fraction of sp³-hybridized carbons (Fsp3) is 0.833. The Bertz CT molecular complexity index is 268. The Morgan fingerprint density at radius 2 is 1.94 bits per heavy atom. The Labute approximate surface area is 102 Å². The van der Waals surface area contributed by atoms with Crippen molar-refractivity contribution < 1.29 is 14.7 Å². The van der Waals surface area contributed by atoms with Crippen molar-refractivity contribution in [3.8, 4) is 0 Å².